The van der Waals surface area contributed by atoms with Gasteiger partial charge in [0.15, 0.2) is 29.6 Å². The van der Waals surface area contributed by atoms with Crippen LogP contribution in [0.2, 0.25) is 0 Å². The number of primary amides is 1. The summed E-state index contributed by atoms with van der Waals surface area (Å²) in [5.41, 5.74) is 6.01. The van der Waals surface area contributed by atoms with Gasteiger partial charge in [-0.3, -0.25) is 9.59 Å². The molecule has 0 unspecified atom stereocenters. The number of carbonyl (C=O) groups excluding carboxylic acids is 2. The molecule has 0 saturated heterocycles. The molecular formula is C18H18N2O6. The molecule has 0 fully saturated rings. The zero-order chi connectivity index (χ0) is 18.5. The molecule has 2 aromatic rings. The molecule has 8 heteroatoms. The number of nitrogens with two attached hydrogens (primary N) is 1. The predicted molar refractivity (Wildman–Crippen MR) is 93.1 cm³/mol. The van der Waals surface area contributed by atoms with Gasteiger partial charge in [-0.1, -0.05) is 6.07 Å². The van der Waals surface area contributed by atoms with Gasteiger partial charge in [-0.15, -0.1) is 0 Å². The molecule has 0 spiro atoms. The Morgan fingerprint density at radius 3 is 2.65 bits per heavy atom. The molecular weight excluding hydrogens is 340 g/mol. The second-order valence-electron chi connectivity index (χ2n) is 5.40. The van der Waals surface area contributed by atoms with Crippen molar-refractivity contribution in [2.75, 3.05) is 32.2 Å². The number of carbonyl (C=O) groups is 2. The van der Waals surface area contributed by atoms with Gasteiger partial charge in [0.1, 0.15) is 13.2 Å². The fourth-order valence-electron chi connectivity index (χ4n) is 2.48. The number of nitrogens with one attached hydrogen (secondary N) is 1. The number of hydrogen-bond acceptors (Lipinski definition) is 6. The first kappa shape index (κ1) is 17.4. The van der Waals surface area contributed by atoms with Crippen molar-refractivity contribution < 1.29 is 28.5 Å². The largest absolute Gasteiger partial charge is 0.493 e. The Balaban J connectivity index is 1.67. The van der Waals surface area contributed by atoms with Crippen LogP contribution in [0.3, 0.4) is 0 Å². The van der Waals surface area contributed by atoms with E-state index in [0.717, 1.165) is 0 Å². The highest BCUT2D eigenvalue weighted by atomic mass is 16.6. The molecule has 1 aliphatic heterocycles. The molecule has 1 heterocycles. The highest BCUT2D eigenvalue weighted by molar-refractivity contribution is 5.97. The van der Waals surface area contributed by atoms with Crippen LogP contribution in [0.15, 0.2) is 36.4 Å². The number of methoxy groups -OCH3 is 1. The molecule has 26 heavy (non-hydrogen) atoms. The molecule has 0 aliphatic carbocycles. The number of anilines is 1. The number of ether oxygens (including phenoxy) is 4. The molecule has 0 aromatic heterocycles. The Morgan fingerprint density at radius 2 is 1.92 bits per heavy atom. The second-order valence-corrected chi connectivity index (χ2v) is 5.40. The summed E-state index contributed by atoms with van der Waals surface area (Å²) in [6.45, 7) is 0.625. The first-order chi connectivity index (χ1) is 12.6. The summed E-state index contributed by atoms with van der Waals surface area (Å²) in [7, 11) is 1.43. The van der Waals surface area contributed by atoms with E-state index in [4.69, 9.17) is 24.7 Å². The molecule has 2 amide bonds. The van der Waals surface area contributed by atoms with Crippen molar-refractivity contribution in [2.45, 2.75) is 0 Å². The lowest BCUT2D eigenvalue weighted by molar-refractivity contribution is -0.118. The zero-order valence-corrected chi connectivity index (χ0v) is 14.1. The van der Waals surface area contributed by atoms with Crippen molar-refractivity contribution in [3.63, 3.8) is 0 Å². The number of para-hydroxylation sites is 1. The Bertz CT molecular complexity index is 836. The van der Waals surface area contributed by atoms with Crippen molar-refractivity contribution >= 4 is 17.5 Å². The average molecular weight is 358 g/mol. The van der Waals surface area contributed by atoms with Crippen LogP contribution < -0.4 is 30.0 Å². The quantitative estimate of drug-likeness (QED) is 0.811. The number of fused-ring (bicyclic) bond motifs is 1. The highest BCUT2D eigenvalue weighted by Crippen LogP contribution is 2.33. The van der Waals surface area contributed by atoms with E-state index in [2.05, 4.69) is 5.32 Å². The van der Waals surface area contributed by atoms with Crippen LogP contribution in [0.5, 0.6) is 23.0 Å². The van der Waals surface area contributed by atoms with E-state index < -0.39 is 11.8 Å². The van der Waals surface area contributed by atoms with Crippen molar-refractivity contribution in [1.29, 1.82) is 0 Å². The lowest BCUT2D eigenvalue weighted by atomic mass is 10.2. The Labute approximate surface area is 149 Å². The minimum atomic E-state index is -0.675. The summed E-state index contributed by atoms with van der Waals surface area (Å²) in [5, 5.41) is 2.69. The van der Waals surface area contributed by atoms with Gasteiger partial charge in [0.05, 0.1) is 12.7 Å². The molecule has 2 aromatic carbocycles. The monoisotopic (exact) mass is 358 g/mol. The first-order valence-corrected chi connectivity index (χ1v) is 7.87. The SMILES string of the molecule is COc1cccc(C(N)=O)c1OCC(=O)Nc1ccc2c(c1)OCCO2. The van der Waals surface area contributed by atoms with E-state index >= 15 is 0 Å². The molecule has 8 nitrogen and oxygen atoms in total. The summed E-state index contributed by atoms with van der Waals surface area (Å²) in [5.74, 6) is 0.545. The lowest BCUT2D eigenvalue weighted by Crippen LogP contribution is -2.22. The summed E-state index contributed by atoms with van der Waals surface area (Å²) < 4.78 is 21.5. The van der Waals surface area contributed by atoms with Crippen LogP contribution in [0.4, 0.5) is 5.69 Å². The van der Waals surface area contributed by atoms with Gasteiger partial charge in [-0.05, 0) is 24.3 Å². The number of benzene rings is 2. The lowest BCUT2D eigenvalue weighted by Gasteiger charge is -2.19. The molecule has 0 saturated carbocycles. The number of hydrogen-bond donors (Lipinski definition) is 2. The van der Waals surface area contributed by atoms with E-state index in [0.29, 0.717) is 36.1 Å². The highest BCUT2D eigenvalue weighted by Gasteiger charge is 2.17. The standard InChI is InChI=1S/C18H18N2O6/c1-23-14-4-2-3-12(18(19)22)17(14)26-10-16(21)20-11-5-6-13-15(9-11)25-8-7-24-13/h2-6,9H,7-8,10H2,1H3,(H2,19,22)(H,20,21). The molecule has 0 bridgehead atoms. The van der Waals surface area contributed by atoms with Gasteiger partial charge < -0.3 is 30.0 Å². The van der Waals surface area contributed by atoms with Crippen molar-refractivity contribution in [2.24, 2.45) is 5.73 Å². The third-order valence-electron chi connectivity index (χ3n) is 3.64. The molecule has 0 radical (unpaired) electrons. The number of amides is 2. The van der Waals surface area contributed by atoms with Crippen molar-refractivity contribution in [1.82, 2.24) is 0 Å². The van der Waals surface area contributed by atoms with Gasteiger partial charge in [-0.2, -0.15) is 0 Å². The smallest absolute Gasteiger partial charge is 0.262 e. The van der Waals surface area contributed by atoms with Crippen molar-refractivity contribution in [3.8, 4) is 23.0 Å². The van der Waals surface area contributed by atoms with E-state index in [9.17, 15) is 9.59 Å². The Morgan fingerprint density at radius 1 is 1.15 bits per heavy atom. The average Bonchev–Trinajstić information content (AvgIpc) is 2.65. The van der Waals surface area contributed by atoms with Gasteiger partial charge in [0.25, 0.3) is 11.8 Å². The maximum atomic E-state index is 12.2. The van der Waals surface area contributed by atoms with Crippen LogP contribution in [0, 0.1) is 0 Å². The van der Waals surface area contributed by atoms with Gasteiger partial charge in [-0.25, -0.2) is 0 Å². The van der Waals surface area contributed by atoms with Gasteiger partial charge in [0.2, 0.25) is 0 Å². The molecule has 0 atom stereocenters. The third kappa shape index (κ3) is 3.80. The van der Waals surface area contributed by atoms with E-state index in [-0.39, 0.29) is 17.9 Å². The maximum absolute atomic E-state index is 12.2. The van der Waals surface area contributed by atoms with Gasteiger partial charge in [0, 0.05) is 11.8 Å². The summed E-state index contributed by atoms with van der Waals surface area (Å²) in [6.07, 6.45) is 0. The third-order valence-corrected chi connectivity index (χ3v) is 3.64. The normalized spacial score (nSPS) is 12.2. The maximum Gasteiger partial charge on any atom is 0.262 e. The second kappa shape index (κ2) is 7.64. The molecule has 136 valence electrons. The molecule has 3 N–H and O–H groups in total. The first-order valence-electron chi connectivity index (χ1n) is 7.87. The molecule has 3 rings (SSSR count). The van der Waals surface area contributed by atoms with Crippen molar-refractivity contribution in [3.05, 3.63) is 42.0 Å². The summed E-state index contributed by atoms with van der Waals surface area (Å²) >= 11 is 0. The number of rotatable bonds is 6. The van der Waals surface area contributed by atoms with Crippen LogP contribution >= 0.6 is 0 Å². The molecule has 1 aliphatic rings. The van der Waals surface area contributed by atoms with Crippen LogP contribution in [-0.2, 0) is 4.79 Å². The van der Waals surface area contributed by atoms with Crippen LogP contribution in [0.25, 0.3) is 0 Å². The summed E-state index contributed by atoms with van der Waals surface area (Å²) in [4.78, 5) is 23.7. The Hall–Kier alpha value is -3.42. The van der Waals surface area contributed by atoms with E-state index in [1.165, 1.54) is 13.2 Å². The minimum absolute atomic E-state index is 0.125. The van der Waals surface area contributed by atoms with E-state index in [1.807, 2.05) is 0 Å². The Kier molecular flexibility index (Phi) is 5.12. The fraction of sp³-hybridized carbons (Fsp3) is 0.222. The predicted octanol–water partition coefficient (Wildman–Crippen LogP) is 1.58. The van der Waals surface area contributed by atoms with Crippen LogP contribution in [0.1, 0.15) is 10.4 Å². The zero-order valence-electron chi connectivity index (χ0n) is 14.1. The summed E-state index contributed by atoms with van der Waals surface area (Å²) in [6, 6.07) is 9.81. The van der Waals surface area contributed by atoms with Crippen LogP contribution in [-0.4, -0.2) is 38.7 Å². The van der Waals surface area contributed by atoms with E-state index in [1.54, 1.807) is 30.3 Å². The minimum Gasteiger partial charge on any atom is -0.493 e. The fourth-order valence-corrected chi connectivity index (χ4v) is 2.48. The van der Waals surface area contributed by atoms with Gasteiger partial charge >= 0.3 is 0 Å². The topological polar surface area (TPSA) is 109 Å².